The smallest absolute Gasteiger partial charge is 0.413 e. The van der Waals surface area contributed by atoms with Crippen LogP contribution in [0.4, 0.5) is 13.2 Å². The van der Waals surface area contributed by atoms with Crippen LogP contribution in [0.1, 0.15) is 31.1 Å². The van der Waals surface area contributed by atoms with Crippen molar-refractivity contribution in [2.75, 3.05) is 13.2 Å². The van der Waals surface area contributed by atoms with Gasteiger partial charge >= 0.3 is 12.1 Å². The molecule has 152 valence electrons. The molecule has 5 nitrogen and oxygen atoms in total. The van der Waals surface area contributed by atoms with Crippen LogP contribution in [0.3, 0.4) is 0 Å². The van der Waals surface area contributed by atoms with Crippen molar-refractivity contribution in [1.29, 1.82) is 0 Å². The van der Waals surface area contributed by atoms with Gasteiger partial charge < -0.3 is 14.8 Å². The highest BCUT2D eigenvalue weighted by molar-refractivity contribution is 5.97. The van der Waals surface area contributed by atoms with Crippen LogP contribution in [0.5, 0.6) is 0 Å². The lowest BCUT2D eigenvalue weighted by atomic mass is 9.83. The lowest BCUT2D eigenvalue weighted by Crippen LogP contribution is -2.42. The number of carbonyl (C=O) groups excluding carboxylic acids is 2. The molecule has 0 spiro atoms. The Morgan fingerprint density at radius 1 is 1.11 bits per heavy atom. The second-order valence-electron chi connectivity index (χ2n) is 6.13. The topological polar surface area (TPSA) is 64.6 Å². The van der Waals surface area contributed by atoms with E-state index in [1.807, 2.05) is 0 Å². The molecule has 0 heterocycles. The predicted molar refractivity (Wildman–Crippen MR) is 96.3 cm³/mol. The van der Waals surface area contributed by atoms with Gasteiger partial charge in [0.15, 0.2) is 0 Å². The third kappa shape index (κ3) is 4.81. The molecule has 2 unspecified atom stereocenters. The quantitative estimate of drug-likeness (QED) is 0.742. The maximum absolute atomic E-state index is 13.7. The van der Waals surface area contributed by atoms with Gasteiger partial charge in [-0.2, -0.15) is 13.2 Å². The molecule has 0 aliphatic heterocycles. The van der Waals surface area contributed by atoms with Crippen LogP contribution in [0.15, 0.2) is 53.3 Å². The highest BCUT2D eigenvalue weighted by Crippen LogP contribution is 2.41. The Labute approximate surface area is 161 Å². The number of carbonyl (C=O) groups is 2. The van der Waals surface area contributed by atoms with Gasteiger partial charge in [-0.25, -0.2) is 4.79 Å². The van der Waals surface area contributed by atoms with Crippen LogP contribution >= 0.6 is 0 Å². The molecule has 0 saturated heterocycles. The maximum atomic E-state index is 13.7. The summed E-state index contributed by atoms with van der Waals surface area (Å²) in [5, 5.41) is 2.59. The standard InChI is InChI=1S/C20H22F3NO4/c1-4-27-17-12(3)16(20(21,22)23)14(19(26)28-5-2)11-15(17)24-18(25)13-9-7-6-8-10-13/h6-12,17H,4-5H2,1-3H3,(H,24,25). The second-order valence-corrected chi connectivity index (χ2v) is 6.13. The monoisotopic (exact) mass is 397 g/mol. The van der Waals surface area contributed by atoms with Crippen LogP contribution in [0.25, 0.3) is 0 Å². The molecular weight excluding hydrogens is 375 g/mol. The first kappa shape index (κ1) is 21.7. The lowest BCUT2D eigenvalue weighted by Gasteiger charge is -2.34. The van der Waals surface area contributed by atoms with Gasteiger partial charge in [-0.15, -0.1) is 0 Å². The van der Waals surface area contributed by atoms with Crippen molar-refractivity contribution < 1.29 is 32.2 Å². The molecule has 28 heavy (non-hydrogen) atoms. The highest BCUT2D eigenvalue weighted by atomic mass is 19.4. The molecule has 1 aromatic carbocycles. The molecule has 1 aliphatic carbocycles. The van der Waals surface area contributed by atoms with E-state index in [1.54, 1.807) is 37.3 Å². The normalized spacial score (nSPS) is 19.9. The minimum atomic E-state index is -4.75. The molecule has 0 aromatic heterocycles. The number of amides is 1. The Bertz CT molecular complexity index is 784. The van der Waals surface area contributed by atoms with Crippen LogP contribution in [-0.4, -0.2) is 37.4 Å². The van der Waals surface area contributed by atoms with Gasteiger partial charge in [0.1, 0.15) is 6.10 Å². The minimum Gasteiger partial charge on any atom is -0.462 e. The molecule has 0 saturated carbocycles. The summed E-state index contributed by atoms with van der Waals surface area (Å²) >= 11 is 0. The van der Waals surface area contributed by atoms with Gasteiger partial charge in [0, 0.05) is 23.8 Å². The van der Waals surface area contributed by atoms with E-state index < -0.39 is 41.2 Å². The van der Waals surface area contributed by atoms with Crippen LogP contribution < -0.4 is 5.32 Å². The van der Waals surface area contributed by atoms with E-state index in [1.165, 1.54) is 13.8 Å². The molecule has 2 rings (SSSR count). The number of rotatable bonds is 6. The van der Waals surface area contributed by atoms with Crippen molar-refractivity contribution >= 4 is 11.9 Å². The summed E-state index contributed by atoms with van der Waals surface area (Å²) in [4.78, 5) is 24.7. The van der Waals surface area contributed by atoms with Crippen LogP contribution in [0, 0.1) is 5.92 Å². The van der Waals surface area contributed by atoms with E-state index in [0.717, 1.165) is 6.08 Å². The number of hydrogen-bond acceptors (Lipinski definition) is 4. The first-order valence-corrected chi connectivity index (χ1v) is 8.88. The molecule has 8 heteroatoms. The summed E-state index contributed by atoms with van der Waals surface area (Å²) in [7, 11) is 0. The Morgan fingerprint density at radius 2 is 1.75 bits per heavy atom. The molecule has 0 bridgehead atoms. The third-order valence-corrected chi connectivity index (χ3v) is 4.25. The van der Waals surface area contributed by atoms with Gasteiger partial charge in [0.2, 0.25) is 0 Å². The van der Waals surface area contributed by atoms with Gasteiger partial charge in [0.25, 0.3) is 5.91 Å². The van der Waals surface area contributed by atoms with Crippen molar-refractivity contribution in [3.05, 3.63) is 58.8 Å². The third-order valence-electron chi connectivity index (χ3n) is 4.25. The zero-order valence-corrected chi connectivity index (χ0v) is 15.8. The van der Waals surface area contributed by atoms with Crippen molar-refractivity contribution in [3.8, 4) is 0 Å². The molecule has 1 aromatic rings. The van der Waals surface area contributed by atoms with Crippen molar-refractivity contribution in [2.45, 2.75) is 33.1 Å². The summed E-state index contributed by atoms with van der Waals surface area (Å²) in [6, 6.07) is 8.21. The van der Waals surface area contributed by atoms with Crippen molar-refractivity contribution in [2.24, 2.45) is 5.92 Å². The number of esters is 1. The largest absolute Gasteiger partial charge is 0.462 e. The second kappa shape index (κ2) is 9.05. The molecule has 2 atom stereocenters. The molecule has 1 aliphatic rings. The first-order valence-electron chi connectivity index (χ1n) is 8.88. The maximum Gasteiger partial charge on any atom is 0.413 e. The van der Waals surface area contributed by atoms with Crippen molar-refractivity contribution in [1.82, 2.24) is 5.32 Å². The average Bonchev–Trinajstić information content (AvgIpc) is 2.64. The fraction of sp³-hybridized carbons (Fsp3) is 0.400. The minimum absolute atomic E-state index is 0.0731. The predicted octanol–water partition coefficient (Wildman–Crippen LogP) is 3.78. The van der Waals surface area contributed by atoms with Gasteiger partial charge in [-0.1, -0.05) is 25.1 Å². The van der Waals surface area contributed by atoms with E-state index in [0.29, 0.717) is 5.56 Å². The Balaban J connectivity index is 2.51. The molecule has 1 amide bonds. The van der Waals surface area contributed by atoms with Crippen molar-refractivity contribution in [3.63, 3.8) is 0 Å². The average molecular weight is 397 g/mol. The molecule has 1 N–H and O–H groups in total. The Kier molecular flexibility index (Phi) is 7.01. The SMILES string of the molecule is CCOC(=O)C1=C(C(F)(F)F)C(C)C(OCC)C(NC(=O)c2ccccc2)=C1. The van der Waals surface area contributed by atoms with E-state index in [-0.39, 0.29) is 18.9 Å². The summed E-state index contributed by atoms with van der Waals surface area (Å²) in [6.45, 7) is 4.51. The number of nitrogens with one attached hydrogen (secondary N) is 1. The van der Waals surface area contributed by atoms with Gasteiger partial charge in [0.05, 0.1) is 17.8 Å². The molecule has 0 radical (unpaired) electrons. The Hall–Kier alpha value is -2.61. The zero-order chi connectivity index (χ0) is 20.9. The number of hydrogen-bond donors (Lipinski definition) is 1. The summed E-state index contributed by atoms with van der Waals surface area (Å²) in [6.07, 6.45) is -4.81. The first-order chi connectivity index (χ1) is 13.2. The van der Waals surface area contributed by atoms with E-state index in [4.69, 9.17) is 9.47 Å². The fourth-order valence-electron chi connectivity index (χ4n) is 3.08. The number of ether oxygens (including phenoxy) is 2. The summed E-state index contributed by atoms with van der Waals surface area (Å²) in [5.41, 5.74) is -1.24. The Morgan fingerprint density at radius 3 is 2.29 bits per heavy atom. The zero-order valence-electron chi connectivity index (χ0n) is 15.8. The van der Waals surface area contributed by atoms with Crippen LogP contribution in [0.2, 0.25) is 0 Å². The van der Waals surface area contributed by atoms with Gasteiger partial charge in [-0.3, -0.25) is 4.79 Å². The van der Waals surface area contributed by atoms with Crippen LogP contribution in [-0.2, 0) is 14.3 Å². The van der Waals surface area contributed by atoms with E-state index in [9.17, 15) is 22.8 Å². The fourth-order valence-corrected chi connectivity index (χ4v) is 3.08. The highest BCUT2D eigenvalue weighted by Gasteiger charge is 2.47. The number of halogens is 3. The lowest BCUT2D eigenvalue weighted by molar-refractivity contribution is -0.140. The number of alkyl halides is 3. The summed E-state index contributed by atoms with van der Waals surface area (Å²) < 4.78 is 51.3. The van der Waals surface area contributed by atoms with E-state index in [2.05, 4.69) is 5.32 Å². The molecular formula is C20H22F3NO4. The number of benzene rings is 1. The van der Waals surface area contributed by atoms with Gasteiger partial charge in [-0.05, 0) is 32.1 Å². The molecule has 0 fully saturated rings. The van der Waals surface area contributed by atoms with E-state index >= 15 is 0 Å². The summed E-state index contributed by atoms with van der Waals surface area (Å²) in [5.74, 6) is -2.82.